The lowest BCUT2D eigenvalue weighted by atomic mass is 10.0. The van der Waals surface area contributed by atoms with E-state index in [1.165, 1.54) is 6.42 Å². The second kappa shape index (κ2) is 5.36. The Morgan fingerprint density at radius 1 is 1.59 bits per heavy atom. The number of carbonyl (C=O) groups excluding carboxylic acids is 1. The Morgan fingerprint density at radius 3 is 3.06 bits per heavy atom. The number of amides is 1. The van der Waals surface area contributed by atoms with Crippen LogP contribution in [-0.2, 0) is 0 Å². The smallest absolute Gasteiger partial charge is 0.257 e. The first-order valence-corrected chi connectivity index (χ1v) is 6.23. The van der Waals surface area contributed by atoms with Crippen LogP contribution in [0, 0.1) is 6.92 Å². The van der Waals surface area contributed by atoms with E-state index < -0.39 is 0 Å². The molecule has 0 bridgehead atoms. The van der Waals surface area contributed by atoms with Crippen LogP contribution in [0.1, 0.15) is 35.4 Å². The highest BCUT2D eigenvalue weighted by Crippen LogP contribution is 2.20. The number of aryl methyl sites for hydroxylation is 1. The molecule has 0 spiro atoms. The molecule has 1 aliphatic rings. The van der Waals surface area contributed by atoms with E-state index in [1.807, 2.05) is 24.9 Å². The number of furan rings is 1. The quantitative estimate of drug-likeness (QED) is 0.870. The van der Waals surface area contributed by atoms with Gasteiger partial charge in [-0.05, 0) is 39.3 Å². The molecule has 1 aliphatic heterocycles. The summed E-state index contributed by atoms with van der Waals surface area (Å²) in [6, 6.07) is 2.13. The van der Waals surface area contributed by atoms with Crippen molar-refractivity contribution in [2.24, 2.45) is 0 Å². The zero-order valence-electron chi connectivity index (χ0n) is 10.5. The van der Waals surface area contributed by atoms with Gasteiger partial charge in [0.25, 0.3) is 5.91 Å². The summed E-state index contributed by atoms with van der Waals surface area (Å²) in [5.41, 5.74) is 0.672. The van der Waals surface area contributed by atoms with Crippen LogP contribution in [0.2, 0.25) is 0 Å². The van der Waals surface area contributed by atoms with Gasteiger partial charge in [0, 0.05) is 19.1 Å². The maximum absolute atomic E-state index is 12.3. The predicted molar refractivity (Wildman–Crippen MR) is 66.0 cm³/mol. The lowest BCUT2D eigenvalue weighted by Crippen LogP contribution is -2.47. The molecule has 0 radical (unpaired) electrons. The number of nitrogens with one attached hydrogen (secondary N) is 1. The van der Waals surface area contributed by atoms with Crippen molar-refractivity contribution in [3.8, 4) is 0 Å². The Bertz CT molecular complexity index is 385. The van der Waals surface area contributed by atoms with Gasteiger partial charge in [0.1, 0.15) is 12.0 Å². The standard InChI is InChI=1S/C13H20N2O2/c1-10-7-11(9-17-10)13(16)15-6-4-3-5-12(15)8-14-2/h7,9,12,14H,3-6,8H2,1-2H3. The van der Waals surface area contributed by atoms with Gasteiger partial charge in [-0.15, -0.1) is 0 Å². The van der Waals surface area contributed by atoms with Crippen molar-refractivity contribution in [1.29, 1.82) is 0 Å². The van der Waals surface area contributed by atoms with Gasteiger partial charge < -0.3 is 14.6 Å². The molecule has 1 N–H and O–H groups in total. The largest absolute Gasteiger partial charge is 0.469 e. The molecular weight excluding hydrogens is 216 g/mol. The minimum Gasteiger partial charge on any atom is -0.469 e. The van der Waals surface area contributed by atoms with Crippen LogP contribution in [0.4, 0.5) is 0 Å². The van der Waals surface area contributed by atoms with Crippen molar-refractivity contribution in [2.45, 2.75) is 32.2 Å². The zero-order chi connectivity index (χ0) is 12.3. The molecule has 1 atom stereocenters. The predicted octanol–water partition coefficient (Wildman–Crippen LogP) is 1.80. The number of carbonyl (C=O) groups is 1. The molecule has 1 aromatic heterocycles. The van der Waals surface area contributed by atoms with Gasteiger partial charge in [-0.3, -0.25) is 4.79 Å². The Kier molecular flexibility index (Phi) is 3.84. The monoisotopic (exact) mass is 236 g/mol. The summed E-state index contributed by atoms with van der Waals surface area (Å²) in [4.78, 5) is 14.3. The zero-order valence-corrected chi connectivity index (χ0v) is 10.5. The average molecular weight is 236 g/mol. The first kappa shape index (κ1) is 12.2. The number of rotatable bonds is 3. The van der Waals surface area contributed by atoms with Gasteiger partial charge in [0.15, 0.2) is 0 Å². The Hall–Kier alpha value is -1.29. The van der Waals surface area contributed by atoms with Crippen molar-refractivity contribution in [3.05, 3.63) is 23.7 Å². The number of likely N-dealkylation sites (tertiary alicyclic amines) is 1. The maximum Gasteiger partial charge on any atom is 0.257 e. The minimum absolute atomic E-state index is 0.0989. The summed E-state index contributed by atoms with van der Waals surface area (Å²) >= 11 is 0. The van der Waals surface area contributed by atoms with Crippen molar-refractivity contribution in [1.82, 2.24) is 10.2 Å². The Balaban J connectivity index is 2.10. The number of hydrogen-bond donors (Lipinski definition) is 1. The molecule has 2 heterocycles. The third-order valence-electron chi connectivity index (χ3n) is 3.31. The summed E-state index contributed by atoms with van der Waals surface area (Å²) < 4.78 is 5.21. The fourth-order valence-corrected chi connectivity index (χ4v) is 2.44. The van der Waals surface area contributed by atoms with E-state index >= 15 is 0 Å². The normalized spacial score (nSPS) is 20.6. The van der Waals surface area contributed by atoms with E-state index in [4.69, 9.17) is 4.42 Å². The van der Waals surface area contributed by atoms with Gasteiger partial charge >= 0.3 is 0 Å². The lowest BCUT2D eigenvalue weighted by molar-refractivity contribution is 0.0614. The second-order valence-corrected chi connectivity index (χ2v) is 4.65. The van der Waals surface area contributed by atoms with Crippen molar-refractivity contribution in [2.75, 3.05) is 20.1 Å². The fraction of sp³-hybridized carbons (Fsp3) is 0.615. The van der Waals surface area contributed by atoms with Crippen LogP contribution in [0.5, 0.6) is 0 Å². The molecule has 1 fully saturated rings. The molecular formula is C13H20N2O2. The van der Waals surface area contributed by atoms with Crippen molar-refractivity contribution >= 4 is 5.91 Å². The van der Waals surface area contributed by atoms with Crippen LogP contribution >= 0.6 is 0 Å². The van der Waals surface area contributed by atoms with Gasteiger partial charge in [-0.2, -0.15) is 0 Å². The molecule has 0 saturated carbocycles. The third kappa shape index (κ3) is 2.69. The number of likely N-dealkylation sites (N-methyl/N-ethyl adjacent to an activating group) is 1. The molecule has 2 rings (SSSR count). The Morgan fingerprint density at radius 2 is 2.41 bits per heavy atom. The molecule has 17 heavy (non-hydrogen) atoms. The van der Waals surface area contributed by atoms with Gasteiger partial charge in [0.2, 0.25) is 0 Å². The first-order chi connectivity index (χ1) is 8.22. The average Bonchev–Trinajstić information content (AvgIpc) is 2.76. The van der Waals surface area contributed by atoms with E-state index in [-0.39, 0.29) is 5.91 Å². The summed E-state index contributed by atoms with van der Waals surface area (Å²) in [5.74, 6) is 0.886. The molecule has 4 nitrogen and oxygen atoms in total. The molecule has 94 valence electrons. The van der Waals surface area contributed by atoms with Crippen LogP contribution in [0.3, 0.4) is 0 Å². The fourth-order valence-electron chi connectivity index (χ4n) is 2.44. The summed E-state index contributed by atoms with van der Waals surface area (Å²) in [6.45, 7) is 3.58. The van der Waals surface area contributed by atoms with E-state index in [0.717, 1.165) is 31.7 Å². The van der Waals surface area contributed by atoms with E-state index in [9.17, 15) is 4.79 Å². The van der Waals surface area contributed by atoms with Crippen molar-refractivity contribution < 1.29 is 9.21 Å². The molecule has 1 aromatic rings. The molecule has 4 heteroatoms. The number of hydrogen-bond acceptors (Lipinski definition) is 3. The van der Waals surface area contributed by atoms with Gasteiger partial charge in [-0.25, -0.2) is 0 Å². The van der Waals surface area contributed by atoms with E-state index in [2.05, 4.69) is 5.32 Å². The molecule has 0 aliphatic carbocycles. The minimum atomic E-state index is 0.0989. The Labute approximate surface area is 102 Å². The topological polar surface area (TPSA) is 45.5 Å². The number of nitrogens with zero attached hydrogens (tertiary/aromatic N) is 1. The SMILES string of the molecule is CNCC1CCCCN1C(=O)c1coc(C)c1. The molecule has 1 saturated heterocycles. The van der Waals surface area contributed by atoms with Gasteiger partial charge in [-0.1, -0.05) is 0 Å². The molecule has 0 aromatic carbocycles. The summed E-state index contributed by atoms with van der Waals surface area (Å²) in [5, 5.41) is 3.16. The maximum atomic E-state index is 12.3. The lowest BCUT2D eigenvalue weighted by Gasteiger charge is -2.35. The highest BCUT2D eigenvalue weighted by atomic mass is 16.3. The highest BCUT2D eigenvalue weighted by Gasteiger charge is 2.27. The highest BCUT2D eigenvalue weighted by molar-refractivity contribution is 5.94. The first-order valence-electron chi connectivity index (χ1n) is 6.23. The van der Waals surface area contributed by atoms with E-state index in [1.54, 1.807) is 6.26 Å². The third-order valence-corrected chi connectivity index (χ3v) is 3.31. The summed E-state index contributed by atoms with van der Waals surface area (Å²) in [7, 11) is 1.93. The van der Waals surface area contributed by atoms with Crippen LogP contribution in [0.25, 0.3) is 0 Å². The van der Waals surface area contributed by atoms with Crippen LogP contribution < -0.4 is 5.32 Å². The number of piperidine rings is 1. The second-order valence-electron chi connectivity index (χ2n) is 4.65. The van der Waals surface area contributed by atoms with Crippen LogP contribution in [-0.4, -0.2) is 37.0 Å². The molecule has 1 amide bonds. The van der Waals surface area contributed by atoms with Crippen LogP contribution in [0.15, 0.2) is 16.7 Å². The van der Waals surface area contributed by atoms with Crippen molar-refractivity contribution in [3.63, 3.8) is 0 Å². The van der Waals surface area contributed by atoms with Gasteiger partial charge in [0.05, 0.1) is 5.56 Å². The van der Waals surface area contributed by atoms with E-state index in [0.29, 0.717) is 11.6 Å². The summed E-state index contributed by atoms with van der Waals surface area (Å²) in [6.07, 6.45) is 4.95. The molecule has 1 unspecified atom stereocenters.